The highest BCUT2D eigenvalue weighted by atomic mass is 19.4. The quantitative estimate of drug-likeness (QED) is 0.169. The first-order valence-corrected chi connectivity index (χ1v) is 15.2. The van der Waals surface area contributed by atoms with E-state index in [4.69, 9.17) is 4.52 Å². The summed E-state index contributed by atoms with van der Waals surface area (Å²) in [6, 6.07) is 21.1. The van der Waals surface area contributed by atoms with Crippen LogP contribution in [0.4, 0.5) is 13.2 Å². The van der Waals surface area contributed by atoms with Gasteiger partial charge in [-0.3, -0.25) is 9.59 Å². The van der Waals surface area contributed by atoms with Crippen molar-refractivity contribution < 1.29 is 32.4 Å². The summed E-state index contributed by atoms with van der Waals surface area (Å²) in [5, 5.41) is 15.1. The van der Waals surface area contributed by atoms with E-state index in [-0.39, 0.29) is 24.2 Å². The molecule has 0 aliphatic carbocycles. The van der Waals surface area contributed by atoms with E-state index in [0.29, 0.717) is 67.1 Å². The summed E-state index contributed by atoms with van der Waals surface area (Å²) in [6.45, 7) is 2.26. The molecule has 45 heavy (non-hydrogen) atoms. The average Bonchev–Trinajstić information content (AvgIpc) is 3.70. The lowest BCUT2D eigenvalue weighted by atomic mass is 9.85. The van der Waals surface area contributed by atoms with Gasteiger partial charge in [-0.15, -0.1) is 0 Å². The average molecular weight is 620 g/mol. The first-order valence-electron chi connectivity index (χ1n) is 15.2. The molecule has 1 aliphatic heterocycles. The van der Waals surface area contributed by atoms with Gasteiger partial charge in [-0.05, 0) is 80.7 Å². The minimum atomic E-state index is -4.41. The Kier molecular flexibility index (Phi) is 10.1. The van der Waals surface area contributed by atoms with Gasteiger partial charge in [0.1, 0.15) is 6.04 Å². The molecule has 1 fully saturated rings. The number of ketones is 1. The molecule has 2 heterocycles. The second-order valence-electron chi connectivity index (χ2n) is 11.7. The van der Waals surface area contributed by atoms with Gasteiger partial charge in [0.05, 0.1) is 11.7 Å². The largest absolute Gasteiger partial charge is 0.416 e. The molecule has 3 atom stereocenters. The summed E-state index contributed by atoms with van der Waals surface area (Å²) in [4.78, 5) is 33.1. The number of nitrogens with zero attached hydrogens (tertiary/aromatic N) is 3. The lowest BCUT2D eigenvalue weighted by molar-refractivity contribution is -0.137. The molecule has 3 aromatic carbocycles. The Morgan fingerprint density at radius 3 is 2.47 bits per heavy atom. The molecule has 1 aromatic heterocycles. The van der Waals surface area contributed by atoms with E-state index in [1.54, 1.807) is 42.2 Å². The number of halogens is 3. The van der Waals surface area contributed by atoms with Crippen molar-refractivity contribution >= 4 is 11.7 Å². The number of alkyl halides is 3. The smallest absolute Gasteiger partial charge is 0.393 e. The fourth-order valence-corrected chi connectivity index (χ4v) is 5.98. The van der Waals surface area contributed by atoms with Crippen LogP contribution in [0.25, 0.3) is 0 Å². The van der Waals surface area contributed by atoms with Crippen molar-refractivity contribution in [3.8, 4) is 0 Å². The van der Waals surface area contributed by atoms with Crippen LogP contribution in [0.2, 0.25) is 0 Å². The summed E-state index contributed by atoms with van der Waals surface area (Å²) in [6.07, 6.45) is -2.11. The third kappa shape index (κ3) is 8.25. The molecule has 4 aromatic rings. The number of Topliss-reactive ketones (excluding diaryl/α,β-unsaturated/α-hetero) is 1. The first kappa shape index (κ1) is 32.1. The standard InChI is InChI=1S/C35H36F3N3O4/c1-23-39-33(45-40-23)30-16-8-18-41(30)34(44)27-14-7-13-26(21-27)32(43)22-28(19-24-9-3-2-4-10-24)31(42)17-6-12-25-11-5-15-29(20-25)35(36,37)38/h2-5,7,9-11,13-15,20-21,28,30-31,42H,6,8,12,16-19,22H2,1H3/t28-,30?,31-/m1/s1. The molecule has 1 saturated heterocycles. The maximum atomic E-state index is 13.6. The van der Waals surface area contributed by atoms with E-state index in [2.05, 4.69) is 10.1 Å². The number of aliphatic hydroxyl groups excluding tert-OH is 1. The van der Waals surface area contributed by atoms with Crippen molar-refractivity contribution in [2.45, 2.75) is 70.2 Å². The van der Waals surface area contributed by atoms with Crippen LogP contribution in [0.15, 0.2) is 83.4 Å². The summed E-state index contributed by atoms with van der Waals surface area (Å²) in [5.74, 6) is 0.0483. The Bertz CT molecular complexity index is 1600. The number of aryl methyl sites for hydroxylation is 2. The molecule has 0 bridgehead atoms. The number of carbonyl (C=O) groups is 2. The Morgan fingerprint density at radius 2 is 1.73 bits per heavy atom. The van der Waals surface area contributed by atoms with Gasteiger partial charge >= 0.3 is 6.18 Å². The summed E-state index contributed by atoms with van der Waals surface area (Å²) >= 11 is 0. The number of carbonyl (C=O) groups excluding carboxylic acids is 2. The van der Waals surface area contributed by atoms with Crippen LogP contribution in [0.5, 0.6) is 0 Å². The number of amides is 1. The number of aromatic nitrogens is 2. The van der Waals surface area contributed by atoms with Crippen LogP contribution >= 0.6 is 0 Å². The van der Waals surface area contributed by atoms with E-state index in [1.807, 2.05) is 30.3 Å². The highest BCUT2D eigenvalue weighted by Gasteiger charge is 2.35. The number of aliphatic hydroxyl groups is 1. The van der Waals surface area contributed by atoms with Crippen molar-refractivity contribution in [3.63, 3.8) is 0 Å². The molecule has 0 radical (unpaired) electrons. The number of rotatable bonds is 12. The molecule has 10 heteroatoms. The Hall–Kier alpha value is -4.31. The zero-order valence-corrected chi connectivity index (χ0v) is 25.0. The van der Waals surface area contributed by atoms with Gasteiger partial charge in [0.25, 0.3) is 5.91 Å². The number of benzene rings is 3. The lowest BCUT2D eigenvalue weighted by Gasteiger charge is -2.24. The third-order valence-electron chi connectivity index (χ3n) is 8.33. The molecule has 1 amide bonds. The van der Waals surface area contributed by atoms with Gasteiger partial charge in [0.15, 0.2) is 11.6 Å². The van der Waals surface area contributed by atoms with Crippen LogP contribution in [0, 0.1) is 12.8 Å². The molecule has 1 aliphatic rings. The topological polar surface area (TPSA) is 96.5 Å². The SMILES string of the molecule is Cc1noc(C2CCCN2C(=O)c2cccc(C(=O)C[C@@H](Cc3ccccc3)[C@H](O)CCCc3cccc(C(F)(F)F)c3)c2)n1. The maximum Gasteiger partial charge on any atom is 0.416 e. The van der Waals surface area contributed by atoms with Crippen LogP contribution in [-0.4, -0.2) is 44.5 Å². The molecular formula is C35H36F3N3O4. The molecule has 0 saturated carbocycles. The fourth-order valence-electron chi connectivity index (χ4n) is 5.98. The Morgan fingerprint density at radius 1 is 1.00 bits per heavy atom. The van der Waals surface area contributed by atoms with Crippen molar-refractivity contribution in [1.82, 2.24) is 15.0 Å². The summed E-state index contributed by atoms with van der Waals surface area (Å²) in [5.41, 5.74) is 1.57. The van der Waals surface area contributed by atoms with Crippen molar-refractivity contribution in [2.75, 3.05) is 6.54 Å². The Balaban J connectivity index is 1.26. The first-order chi connectivity index (χ1) is 21.6. The predicted octanol–water partition coefficient (Wildman–Crippen LogP) is 7.19. The van der Waals surface area contributed by atoms with Gasteiger partial charge in [0, 0.05) is 24.1 Å². The number of hydrogen-bond acceptors (Lipinski definition) is 6. The highest BCUT2D eigenvalue weighted by Crippen LogP contribution is 2.33. The zero-order chi connectivity index (χ0) is 32.0. The number of likely N-dealkylation sites (tertiary alicyclic amines) is 1. The lowest BCUT2D eigenvalue weighted by Crippen LogP contribution is -2.31. The zero-order valence-electron chi connectivity index (χ0n) is 25.0. The van der Waals surface area contributed by atoms with E-state index in [9.17, 15) is 27.9 Å². The summed E-state index contributed by atoms with van der Waals surface area (Å²) < 4.78 is 44.7. The molecule has 236 valence electrons. The van der Waals surface area contributed by atoms with E-state index < -0.39 is 23.8 Å². The minimum Gasteiger partial charge on any atom is -0.393 e. The second-order valence-corrected chi connectivity index (χ2v) is 11.7. The van der Waals surface area contributed by atoms with Crippen molar-refractivity contribution in [3.05, 3.63) is 118 Å². The van der Waals surface area contributed by atoms with Gasteiger partial charge in [-0.1, -0.05) is 65.8 Å². The molecular weight excluding hydrogens is 583 g/mol. The van der Waals surface area contributed by atoms with Gasteiger partial charge < -0.3 is 14.5 Å². The van der Waals surface area contributed by atoms with E-state index in [0.717, 1.165) is 24.1 Å². The van der Waals surface area contributed by atoms with Crippen LogP contribution < -0.4 is 0 Å². The van der Waals surface area contributed by atoms with Crippen LogP contribution in [0.1, 0.15) is 87.3 Å². The fraction of sp³-hybridized carbons (Fsp3) is 0.371. The Labute approximate surface area is 260 Å². The molecule has 7 nitrogen and oxygen atoms in total. The predicted molar refractivity (Wildman–Crippen MR) is 161 cm³/mol. The third-order valence-corrected chi connectivity index (χ3v) is 8.33. The number of hydrogen-bond donors (Lipinski definition) is 1. The van der Waals surface area contributed by atoms with Gasteiger partial charge in [-0.25, -0.2) is 0 Å². The van der Waals surface area contributed by atoms with E-state index >= 15 is 0 Å². The normalized spacial score (nSPS) is 16.5. The maximum absolute atomic E-state index is 13.6. The molecule has 5 rings (SSSR count). The molecule has 1 unspecified atom stereocenters. The monoisotopic (exact) mass is 619 g/mol. The highest BCUT2D eigenvalue weighted by molar-refractivity contribution is 6.00. The van der Waals surface area contributed by atoms with E-state index in [1.165, 1.54) is 6.07 Å². The van der Waals surface area contributed by atoms with Crippen molar-refractivity contribution in [2.24, 2.45) is 5.92 Å². The molecule has 1 N–H and O–H groups in total. The van der Waals surface area contributed by atoms with Gasteiger partial charge in [-0.2, -0.15) is 18.2 Å². The second kappa shape index (κ2) is 14.2. The minimum absolute atomic E-state index is 0.0465. The van der Waals surface area contributed by atoms with Crippen LogP contribution in [-0.2, 0) is 19.0 Å². The molecule has 0 spiro atoms. The van der Waals surface area contributed by atoms with Crippen molar-refractivity contribution in [1.29, 1.82) is 0 Å². The van der Waals surface area contributed by atoms with Crippen LogP contribution in [0.3, 0.4) is 0 Å². The van der Waals surface area contributed by atoms with Gasteiger partial charge in [0.2, 0.25) is 5.89 Å². The summed E-state index contributed by atoms with van der Waals surface area (Å²) in [7, 11) is 0.